The third-order valence-electron chi connectivity index (χ3n) is 4.09. The van der Waals surface area contributed by atoms with Crippen molar-refractivity contribution < 1.29 is 24.2 Å². The monoisotopic (exact) mass is 405 g/mol. The van der Waals surface area contributed by atoms with Gasteiger partial charge in [0.25, 0.3) is 0 Å². The summed E-state index contributed by atoms with van der Waals surface area (Å²) in [6, 6.07) is 8.34. The highest BCUT2D eigenvalue weighted by atomic mass is 35.5. The molecule has 1 aromatic carbocycles. The number of hydrogen-bond donors (Lipinski definition) is 1. The molecule has 0 saturated heterocycles. The van der Waals surface area contributed by atoms with Crippen molar-refractivity contribution in [2.45, 2.75) is 52.2 Å². The number of hydrogen-bond acceptors (Lipinski definition) is 5. The van der Waals surface area contributed by atoms with Crippen LogP contribution in [0.3, 0.4) is 0 Å². The molecule has 0 saturated carbocycles. The van der Waals surface area contributed by atoms with E-state index in [9.17, 15) is 14.7 Å². The zero-order valence-electron chi connectivity index (χ0n) is 16.0. The Morgan fingerprint density at radius 1 is 1.14 bits per heavy atom. The second-order valence-electron chi connectivity index (χ2n) is 6.40. The van der Waals surface area contributed by atoms with Crippen molar-refractivity contribution in [1.29, 1.82) is 0 Å². The number of benzene rings is 1. The van der Waals surface area contributed by atoms with Crippen molar-refractivity contribution in [3.05, 3.63) is 58.4 Å². The molecule has 0 amide bonds. The molecule has 1 heterocycles. The van der Waals surface area contributed by atoms with Gasteiger partial charge in [-0.25, -0.2) is 14.6 Å². The van der Waals surface area contributed by atoms with Crippen LogP contribution in [-0.2, 0) is 11.3 Å². The van der Waals surface area contributed by atoms with Gasteiger partial charge in [0, 0.05) is 11.2 Å². The fraction of sp³-hybridized carbons (Fsp3) is 0.381. The lowest BCUT2D eigenvalue weighted by Gasteiger charge is -2.17. The Hall–Kier alpha value is -2.60. The van der Waals surface area contributed by atoms with Gasteiger partial charge in [-0.05, 0) is 36.6 Å². The van der Waals surface area contributed by atoms with E-state index in [-0.39, 0.29) is 29.7 Å². The number of nitrogens with zero attached hydrogens (tertiary/aromatic N) is 1. The molecule has 6 nitrogen and oxygen atoms in total. The second-order valence-corrected chi connectivity index (χ2v) is 6.83. The minimum Gasteiger partial charge on any atom is -0.486 e. The highest BCUT2D eigenvalue weighted by molar-refractivity contribution is 6.30. The van der Waals surface area contributed by atoms with E-state index in [1.807, 2.05) is 13.8 Å². The van der Waals surface area contributed by atoms with Crippen molar-refractivity contribution in [1.82, 2.24) is 4.98 Å². The molecule has 0 atom stereocenters. The molecule has 28 heavy (non-hydrogen) atoms. The summed E-state index contributed by atoms with van der Waals surface area (Å²) in [4.78, 5) is 27.8. The van der Waals surface area contributed by atoms with Crippen LogP contribution < -0.4 is 4.74 Å². The number of aromatic carboxylic acids is 1. The topological polar surface area (TPSA) is 85.7 Å². The van der Waals surface area contributed by atoms with Crippen molar-refractivity contribution in [2.24, 2.45) is 0 Å². The van der Waals surface area contributed by atoms with E-state index in [2.05, 4.69) is 4.98 Å². The van der Waals surface area contributed by atoms with Crippen molar-refractivity contribution in [3.8, 4) is 5.75 Å². The molecule has 0 bridgehead atoms. The van der Waals surface area contributed by atoms with E-state index in [4.69, 9.17) is 21.1 Å². The molecule has 0 aliphatic heterocycles. The average molecular weight is 406 g/mol. The van der Waals surface area contributed by atoms with Gasteiger partial charge in [-0.15, -0.1) is 0 Å². The second kappa shape index (κ2) is 10.7. The summed E-state index contributed by atoms with van der Waals surface area (Å²) in [6.45, 7) is 4.18. The van der Waals surface area contributed by atoms with Gasteiger partial charge in [-0.3, -0.25) is 0 Å². The van der Waals surface area contributed by atoms with E-state index in [1.165, 1.54) is 12.3 Å². The molecule has 0 spiro atoms. The lowest BCUT2D eigenvalue weighted by molar-refractivity contribution is 0.0256. The fourth-order valence-corrected chi connectivity index (χ4v) is 2.82. The first kappa shape index (κ1) is 21.7. The minimum atomic E-state index is -1.24. The molecule has 0 aliphatic rings. The summed E-state index contributed by atoms with van der Waals surface area (Å²) < 4.78 is 11.2. The van der Waals surface area contributed by atoms with Crippen LogP contribution in [0.4, 0.5) is 0 Å². The van der Waals surface area contributed by atoms with Gasteiger partial charge in [0.2, 0.25) is 0 Å². The largest absolute Gasteiger partial charge is 0.486 e. The van der Waals surface area contributed by atoms with Crippen LogP contribution in [0.5, 0.6) is 5.75 Å². The predicted octanol–water partition coefficient (Wildman–Crippen LogP) is 5.14. The highest BCUT2D eigenvalue weighted by Gasteiger charge is 2.20. The number of ether oxygens (including phenoxy) is 2. The average Bonchev–Trinajstić information content (AvgIpc) is 2.67. The Labute approximate surface area is 169 Å². The number of esters is 1. The number of carbonyl (C=O) groups is 2. The molecule has 150 valence electrons. The first-order valence-corrected chi connectivity index (χ1v) is 9.63. The van der Waals surface area contributed by atoms with Crippen LogP contribution in [0.1, 0.15) is 65.9 Å². The van der Waals surface area contributed by atoms with Gasteiger partial charge in [0.1, 0.15) is 12.7 Å². The van der Waals surface area contributed by atoms with E-state index >= 15 is 0 Å². The standard InChI is InChI=1S/C21H24ClNO5/c1-3-5-17(6-4-2)28-21(26)15-11-18(19(20(24)25)23-12-15)27-13-14-7-9-16(22)10-8-14/h7-12,17H,3-6,13H2,1-2H3,(H,24,25). The van der Waals surface area contributed by atoms with E-state index in [0.29, 0.717) is 5.02 Å². The Morgan fingerprint density at radius 3 is 2.36 bits per heavy atom. The van der Waals surface area contributed by atoms with E-state index < -0.39 is 11.9 Å². The van der Waals surface area contributed by atoms with Crippen LogP contribution in [-0.4, -0.2) is 28.1 Å². The van der Waals surface area contributed by atoms with Crippen LogP contribution in [0, 0.1) is 0 Å². The maximum atomic E-state index is 12.5. The van der Waals surface area contributed by atoms with E-state index in [0.717, 1.165) is 31.2 Å². The molecule has 1 aromatic heterocycles. The molecule has 2 aromatic rings. The molecule has 0 aliphatic carbocycles. The van der Waals surface area contributed by atoms with Crippen LogP contribution in [0.2, 0.25) is 5.02 Å². The molecule has 0 fully saturated rings. The Kier molecular flexibility index (Phi) is 8.26. The van der Waals surface area contributed by atoms with E-state index in [1.54, 1.807) is 24.3 Å². The van der Waals surface area contributed by atoms with Crippen LogP contribution in [0.15, 0.2) is 36.5 Å². The van der Waals surface area contributed by atoms with Gasteiger partial charge >= 0.3 is 11.9 Å². The first-order chi connectivity index (χ1) is 13.4. The molecule has 0 radical (unpaired) electrons. The van der Waals surface area contributed by atoms with Crippen molar-refractivity contribution in [3.63, 3.8) is 0 Å². The summed E-state index contributed by atoms with van der Waals surface area (Å²) >= 11 is 5.86. The van der Waals surface area contributed by atoms with Gasteiger partial charge in [0.15, 0.2) is 11.4 Å². The van der Waals surface area contributed by atoms with Gasteiger partial charge < -0.3 is 14.6 Å². The fourth-order valence-electron chi connectivity index (χ4n) is 2.69. The third-order valence-corrected chi connectivity index (χ3v) is 4.35. The number of halogens is 1. The Balaban J connectivity index is 2.17. The van der Waals surface area contributed by atoms with Gasteiger partial charge in [0.05, 0.1) is 5.56 Å². The number of rotatable bonds is 10. The number of pyridine rings is 1. The molecular formula is C21H24ClNO5. The summed E-state index contributed by atoms with van der Waals surface area (Å²) in [7, 11) is 0. The lowest BCUT2D eigenvalue weighted by atomic mass is 10.1. The zero-order valence-corrected chi connectivity index (χ0v) is 16.7. The van der Waals surface area contributed by atoms with Crippen molar-refractivity contribution >= 4 is 23.5 Å². The smallest absolute Gasteiger partial charge is 0.358 e. The Bertz CT molecular complexity index is 801. The summed E-state index contributed by atoms with van der Waals surface area (Å²) in [5, 5.41) is 9.93. The predicted molar refractivity (Wildman–Crippen MR) is 106 cm³/mol. The first-order valence-electron chi connectivity index (χ1n) is 9.26. The summed E-state index contributed by atoms with van der Waals surface area (Å²) in [5.41, 5.74) is 0.706. The molecule has 0 unspecified atom stereocenters. The molecule has 1 N–H and O–H groups in total. The number of carboxylic acids is 1. The number of aromatic nitrogens is 1. The number of carboxylic acid groups (broad SMARTS) is 1. The van der Waals surface area contributed by atoms with Crippen LogP contribution in [0.25, 0.3) is 0 Å². The summed E-state index contributed by atoms with van der Waals surface area (Å²) in [5.74, 6) is -1.76. The van der Waals surface area contributed by atoms with Gasteiger partial charge in [-0.2, -0.15) is 0 Å². The SMILES string of the molecule is CCCC(CCC)OC(=O)c1cnc(C(=O)O)c(OCc2ccc(Cl)cc2)c1. The third kappa shape index (κ3) is 6.23. The Morgan fingerprint density at radius 2 is 1.79 bits per heavy atom. The summed E-state index contributed by atoms with van der Waals surface area (Å²) in [6.07, 6.45) is 4.41. The highest BCUT2D eigenvalue weighted by Crippen LogP contribution is 2.22. The number of carbonyl (C=O) groups excluding carboxylic acids is 1. The maximum Gasteiger partial charge on any atom is 0.358 e. The normalized spacial score (nSPS) is 10.7. The maximum absolute atomic E-state index is 12.5. The molecular weight excluding hydrogens is 382 g/mol. The zero-order chi connectivity index (χ0) is 20.5. The minimum absolute atomic E-state index is 0.0134. The van der Waals surface area contributed by atoms with Gasteiger partial charge in [-0.1, -0.05) is 50.4 Å². The quantitative estimate of drug-likeness (QED) is 0.551. The molecule has 7 heteroatoms. The van der Waals surface area contributed by atoms with Crippen molar-refractivity contribution in [2.75, 3.05) is 0 Å². The molecule has 2 rings (SSSR count). The van der Waals surface area contributed by atoms with Crippen LogP contribution >= 0.6 is 11.6 Å². The lowest BCUT2D eigenvalue weighted by Crippen LogP contribution is -2.19.